The molecule has 2 N–H and O–H groups in total. The summed E-state index contributed by atoms with van der Waals surface area (Å²) >= 11 is 0. The Morgan fingerprint density at radius 3 is 2.72 bits per heavy atom. The molecule has 148 valence electrons. The van der Waals surface area contributed by atoms with Crippen LogP contribution < -0.4 is 10.6 Å². The molecule has 0 bridgehead atoms. The second-order valence-corrected chi connectivity index (χ2v) is 7.70. The topological polar surface area (TPSA) is 109 Å². The Hall–Kier alpha value is -3.02. The molecular weight excluding hydrogens is 370 g/mol. The number of nitrogens with zero attached hydrogens (tertiary/aromatic N) is 3. The lowest BCUT2D eigenvalue weighted by molar-refractivity contribution is -0.118. The molecule has 29 heavy (non-hydrogen) atoms. The molecule has 3 aliphatic rings. The third-order valence-corrected chi connectivity index (χ3v) is 5.51. The molecule has 0 aromatic carbocycles. The summed E-state index contributed by atoms with van der Waals surface area (Å²) in [4.78, 5) is 22.0. The number of rotatable bonds is 6. The second kappa shape index (κ2) is 7.10. The molecule has 2 saturated carbocycles. The van der Waals surface area contributed by atoms with Crippen LogP contribution in [0.5, 0.6) is 0 Å². The smallest absolute Gasteiger partial charge is 0.237 e. The van der Waals surface area contributed by atoms with E-state index in [1.54, 1.807) is 6.07 Å². The molecule has 2 aliphatic carbocycles. The molecule has 3 heterocycles. The quantitative estimate of drug-likeness (QED) is 0.779. The SMILES string of the molecule is N#Cc1cnc(NC(=O)C2(c3cccc(C4OCCO4)n3)CC2)cc1NC1CC1. The minimum absolute atomic E-state index is 0.134. The van der Waals surface area contributed by atoms with E-state index in [0.29, 0.717) is 42.0 Å². The zero-order chi connectivity index (χ0) is 19.8. The molecule has 3 fully saturated rings. The molecule has 2 aromatic rings. The lowest BCUT2D eigenvalue weighted by Crippen LogP contribution is -2.29. The summed E-state index contributed by atoms with van der Waals surface area (Å²) in [6.45, 7) is 1.09. The van der Waals surface area contributed by atoms with Crippen LogP contribution >= 0.6 is 0 Å². The van der Waals surface area contributed by atoms with Gasteiger partial charge in [-0.3, -0.25) is 9.78 Å². The maximum atomic E-state index is 13.1. The highest BCUT2D eigenvalue weighted by Gasteiger charge is 2.53. The summed E-state index contributed by atoms with van der Waals surface area (Å²) in [6.07, 6.45) is 4.66. The largest absolute Gasteiger partial charge is 0.381 e. The Bertz CT molecular complexity index is 988. The van der Waals surface area contributed by atoms with E-state index in [-0.39, 0.29) is 5.91 Å². The zero-order valence-corrected chi connectivity index (χ0v) is 15.9. The third kappa shape index (κ3) is 3.55. The van der Waals surface area contributed by atoms with Gasteiger partial charge in [0.25, 0.3) is 0 Å². The van der Waals surface area contributed by atoms with Crippen LogP contribution in [0.15, 0.2) is 30.5 Å². The number of nitriles is 1. The Morgan fingerprint density at radius 1 is 1.24 bits per heavy atom. The summed E-state index contributed by atoms with van der Waals surface area (Å²) in [6, 6.07) is 9.88. The monoisotopic (exact) mass is 391 g/mol. The van der Waals surface area contributed by atoms with Gasteiger partial charge in [-0.2, -0.15) is 5.26 Å². The Kier molecular flexibility index (Phi) is 4.42. The molecular formula is C21H21N5O3. The Labute approximate surface area is 168 Å². The van der Waals surface area contributed by atoms with Crippen LogP contribution in [0.25, 0.3) is 0 Å². The van der Waals surface area contributed by atoms with Gasteiger partial charge in [-0.15, -0.1) is 0 Å². The number of hydrogen-bond donors (Lipinski definition) is 2. The Morgan fingerprint density at radius 2 is 2.03 bits per heavy atom. The third-order valence-electron chi connectivity index (χ3n) is 5.51. The summed E-state index contributed by atoms with van der Waals surface area (Å²) in [5, 5.41) is 15.5. The number of ether oxygens (including phenoxy) is 2. The number of carbonyl (C=O) groups excluding carboxylic acids is 1. The highest BCUT2D eigenvalue weighted by atomic mass is 16.7. The molecule has 8 heteroatoms. The number of pyridine rings is 2. The van der Waals surface area contributed by atoms with Crippen molar-refractivity contribution in [3.8, 4) is 6.07 Å². The van der Waals surface area contributed by atoms with Crippen molar-refractivity contribution in [1.82, 2.24) is 9.97 Å². The molecule has 2 aromatic heterocycles. The molecule has 0 radical (unpaired) electrons. The van der Waals surface area contributed by atoms with E-state index in [1.807, 2.05) is 18.2 Å². The van der Waals surface area contributed by atoms with Crippen LogP contribution in [0.1, 0.15) is 48.9 Å². The molecule has 8 nitrogen and oxygen atoms in total. The van der Waals surface area contributed by atoms with Crippen molar-refractivity contribution >= 4 is 17.4 Å². The van der Waals surface area contributed by atoms with Crippen molar-refractivity contribution in [2.75, 3.05) is 23.8 Å². The summed E-state index contributed by atoms with van der Waals surface area (Å²) in [7, 11) is 0. The number of hydrogen-bond acceptors (Lipinski definition) is 7. The fraction of sp³-hybridized carbons (Fsp3) is 0.429. The molecule has 0 unspecified atom stereocenters. The fourth-order valence-electron chi connectivity index (χ4n) is 3.52. The minimum atomic E-state index is -0.658. The number of aromatic nitrogens is 2. The van der Waals surface area contributed by atoms with E-state index >= 15 is 0 Å². The van der Waals surface area contributed by atoms with Gasteiger partial charge in [-0.05, 0) is 37.8 Å². The normalized spacial score (nSPS) is 20.1. The van der Waals surface area contributed by atoms with Crippen LogP contribution in [0.4, 0.5) is 11.5 Å². The average Bonchev–Trinajstić information content (AvgIpc) is 3.67. The van der Waals surface area contributed by atoms with Gasteiger partial charge >= 0.3 is 0 Å². The highest BCUT2D eigenvalue weighted by molar-refractivity contribution is 6.00. The van der Waals surface area contributed by atoms with Crippen molar-refractivity contribution in [3.05, 3.63) is 47.4 Å². The predicted octanol–water partition coefficient (Wildman–Crippen LogP) is 2.64. The molecule has 1 amide bonds. The van der Waals surface area contributed by atoms with Crippen molar-refractivity contribution in [3.63, 3.8) is 0 Å². The van der Waals surface area contributed by atoms with Gasteiger partial charge in [0.2, 0.25) is 12.2 Å². The predicted molar refractivity (Wildman–Crippen MR) is 104 cm³/mol. The molecule has 5 rings (SSSR count). The van der Waals surface area contributed by atoms with Crippen LogP contribution in [-0.2, 0) is 19.7 Å². The standard InChI is InChI=1S/C21H21N5O3/c22-11-13-12-23-18(10-16(13)24-14-4-5-14)26-20(27)21(6-7-21)17-3-1-2-15(25-17)19-28-8-9-29-19/h1-3,10,12,14,19H,4-9H2,(H2,23,24,26,27). The molecule has 1 aliphatic heterocycles. The van der Waals surface area contributed by atoms with Crippen molar-refractivity contribution in [2.24, 2.45) is 0 Å². The average molecular weight is 391 g/mol. The molecule has 1 saturated heterocycles. The highest BCUT2D eigenvalue weighted by Crippen LogP contribution is 2.48. The van der Waals surface area contributed by atoms with E-state index in [2.05, 4.69) is 26.7 Å². The van der Waals surface area contributed by atoms with Gasteiger partial charge in [0, 0.05) is 18.3 Å². The van der Waals surface area contributed by atoms with Gasteiger partial charge < -0.3 is 20.1 Å². The van der Waals surface area contributed by atoms with E-state index in [1.165, 1.54) is 6.20 Å². The maximum absolute atomic E-state index is 13.1. The second-order valence-electron chi connectivity index (χ2n) is 7.70. The number of carbonyl (C=O) groups is 1. The van der Waals surface area contributed by atoms with Gasteiger partial charge in [0.05, 0.1) is 41.3 Å². The van der Waals surface area contributed by atoms with Crippen molar-refractivity contribution in [1.29, 1.82) is 5.26 Å². The minimum Gasteiger partial charge on any atom is -0.381 e. The van der Waals surface area contributed by atoms with Gasteiger partial charge in [0.1, 0.15) is 11.9 Å². The van der Waals surface area contributed by atoms with Crippen molar-refractivity contribution in [2.45, 2.75) is 43.4 Å². The van der Waals surface area contributed by atoms with Crippen LogP contribution in [0, 0.1) is 11.3 Å². The zero-order valence-electron chi connectivity index (χ0n) is 15.9. The molecule has 0 spiro atoms. The first-order valence-electron chi connectivity index (χ1n) is 9.87. The van der Waals surface area contributed by atoms with Gasteiger partial charge in [-0.1, -0.05) is 6.07 Å². The number of nitrogens with one attached hydrogen (secondary N) is 2. The lowest BCUT2D eigenvalue weighted by atomic mass is 10.00. The van der Waals surface area contributed by atoms with Crippen LogP contribution in [-0.4, -0.2) is 35.1 Å². The summed E-state index contributed by atoms with van der Waals surface area (Å²) in [5.74, 6) is 0.298. The van der Waals surface area contributed by atoms with Crippen LogP contribution in [0.3, 0.4) is 0 Å². The number of anilines is 2. The van der Waals surface area contributed by atoms with Gasteiger partial charge in [0.15, 0.2) is 0 Å². The summed E-state index contributed by atoms with van der Waals surface area (Å²) < 4.78 is 11.1. The van der Waals surface area contributed by atoms with Crippen LogP contribution in [0.2, 0.25) is 0 Å². The van der Waals surface area contributed by atoms with E-state index in [0.717, 1.165) is 31.4 Å². The first kappa shape index (κ1) is 18.0. The van der Waals surface area contributed by atoms with Gasteiger partial charge in [-0.25, -0.2) is 4.98 Å². The maximum Gasteiger partial charge on any atom is 0.237 e. The van der Waals surface area contributed by atoms with Crippen molar-refractivity contribution < 1.29 is 14.3 Å². The lowest BCUT2D eigenvalue weighted by Gasteiger charge is -2.17. The summed E-state index contributed by atoms with van der Waals surface area (Å²) in [5.41, 5.74) is 1.93. The fourth-order valence-corrected chi connectivity index (χ4v) is 3.52. The van der Waals surface area contributed by atoms with E-state index in [9.17, 15) is 10.1 Å². The first-order chi connectivity index (χ1) is 14.2. The Balaban J connectivity index is 1.35. The first-order valence-corrected chi connectivity index (χ1v) is 9.87. The van der Waals surface area contributed by atoms with E-state index < -0.39 is 11.7 Å². The van der Waals surface area contributed by atoms with E-state index in [4.69, 9.17) is 9.47 Å². The number of amides is 1. The molecule has 0 atom stereocenters.